The first kappa shape index (κ1) is 16.8. The lowest BCUT2D eigenvalue weighted by atomic mass is 10.2. The Kier molecular flexibility index (Phi) is 6.21. The van der Waals surface area contributed by atoms with Crippen LogP contribution in [0, 0.1) is 6.92 Å². The van der Waals surface area contributed by atoms with E-state index in [0.717, 1.165) is 40.3 Å². The maximum atomic E-state index is 5.60. The lowest BCUT2D eigenvalue weighted by Crippen LogP contribution is -2.14. The molecule has 2 rings (SSSR count). The number of aryl methyl sites for hydroxylation is 1. The number of hydrogen-bond donors (Lipinski definition) is 1. The van der Waals surface area contributed by atoms with Crippen molar-refractivity contribution >= 4 is 15.9 Å². The normalized spacial score (nSPS) is 10.5. The quantitative estimate of drug-likeness (QED) is 0.810. The van der Waals surface area contributed by atoms with Crippen LogP contribution in [-0.2, 0) is 13.1 Å². The minimum atomic E-state index is 0.603. The third-order valence-corrected chi connectivity index (χ3v) is 3.91. The number of rotatable bonds is 7. The van der Waals surface area contributed by atoms with Gasteiger partial charge in [-0.25, -0.2) is 0 Å². The van der Waals surface area contributed by atoms with Gasteiger partial charge in [-0.1, -0.05) is 6.07 Å². The Hall–Kier alpha value is -1.59. The number of halogens is 1. The van der Waals surface area contributed by atoms with Crippen molar-refractivity contribution in [2.45, 2.75) is 26.9 Å². The van der Waals surface area contributed by atoms with Crippen molar-refractivity contribution in [3.8, 4) is 11.5 Å². The van der Waals surface area contributed by atoms with Crippen molar-refractivity contribution < 1.29 is 9.47 Å². The van der Waals surface area contributed by atoms with E-state index in [9.17, 15) is 0 Å². The van der Waals surface area contributed by atoms with Crippen LogP contribution in [0.15, 0.2) is 34.9 Å². The fraction of sp³-hybridized carbons (Fsp3) is 0.353. The second kappa shape index (κ2) is 8.15. The summed E-state index contributed by atoms with van der Waals surface area (Å²) in [5.41, 5.74) is 3.39. The minimum absolute atomic E-state index is 0.603. The monoisotopic (exact) mass is 364 g/mol. The SMILES string of the molecule is CCOc1c(Br)cc(CNCc2ncccc2C)cc1OC. The van der Waals surface area contributed by atoms with Gasteiger partial charge in [0.2, 0.25) is 0 Å². The van der Waals surface area contributed by atoms with Crippen LogP contribution in [0.25, 0.3) is 0 Å². The molecule has 0 aliphatic rings. The first-order valence-corrected chi connectivity index (χ1v) is 8.05. The molecule has 0 bridgehead atoms. The van der Waals surface area contributed by atoms with Gasteiger partial charge in [0.1, 0.15) is 0 Å². The molecule has 5 heteroatoms. The number of nitrogens with zero attached hydrogens (tertiary/aromatic N) is 1. The van der Waals surface area contributed by atoms with Crippen molar-refractivity contribution in [1.82, 2.24) is 10.3 Å². The minimum Gasteiger partial charge on any atom is -0.493 e. The smallest absolute Gasteiger partial charge is 0.175 e. The van der Waals surface area contributed by atoms with E-state index in [0.29, 0.717) is 6.61 Å². The van der Waals surface area contributed by atoms with Crippen molar-refractivity contribution in [1.29, 1.82) is 0 Å². The Bertz CT molecular complexity index is 632. The largest absolute Gasteiger partial charge is 0.493 e. The van der Waals surface area contributed by atoms with Crippen LogP contribution in [0.3, 0.4) is 0 Å². The molecule has 1 aromatic carbocycles. The summed E-state index contributed by atoms with van der Waals surface area (Å²) < 4.78 is 11.9. The molecule has 4 nitrogen and oxygen atoms in total. The molecule has 2 aromatic rings. The van der Waals surface area contributed by atoms with E-state index in [1.54, 1.807) is 7.11 Å². The number of ether oxygens (including phenoxy) is 2. The van der Waals surface area contributed by atoms with E-state index in [-0.39, 0.29) is 0 Å². The van der Waals surface area contributed by atoms with Crippen molar-refractivity contribution in [3.63, 3.8) is 0 Å². The van der Waals surface area contributed by atoms with Gasteiger partial charge in [0.15, 0.2) is 11.5 Å². The van der Waals surface area contributed by atoms with Crippen LogP contribution in [0.5, 0.6) is 11.5 Å². The van der Waals surface area contributed by atoms with Gasteiger partial charge in [-0.05, 0) is 59.1 Å². The molecule has 0 amide bonds. The summed E-state index contributed by atoms with van der Waals surface area (Å²) in [6, 6.07) is 8.06. The molecule has 1 aromatic heterocycles. The van der Waals surface area contributed by atoms with E-state index >= 15 is 0 Å². The molecule has 0 aliphatic heterocycles. The van der Waals surface area contributed by atoms with E-state index in [1.165, 1.54) is 5.56 Å². The standard InChI is InChI=1S/C17H21BrN2O2/c1-4-22-17-14(18)8-13(9-16(17)21-3)10-19-11-15-12(2)6-5-7-20-15/h5-9,19H,4,10-11H2,1-3H3. The lowest BCUT2D eigenvalue weighted by Gasteiger charge is -2.14. The first-order chi connectivity index (χ1) is 10.7. The molecular formula is C17H21BrN2O2. The van der Waals surface area contributed by atoms with Gasteiger partial charge in [0, 0.05) is 19.3 Å². The Labute approximate surface area is 140 Å². The third kappa shape index (κ3) is 4.21. The van der Waals surface area contributed by atoms with Crippen LogP contribution in [0.1, 0.15) is 23.7 Å². The lowest BCUT2D eigenvalue weighted by molar-refractivity contribution is 0.308. The summed E-state index contributed by atoms with van der Waals surface area (Å²) in [4.78, 5) is 4.38. The van der Waals surface area contributed by atoms with Crippen molar-refractivity contribution in [3.05, 3.63) is 51.8 Å². The summed E-state index contributed by atoms with van der Waals surface area (Å²) in [5, 5.41) is 3.41. The Morgan fingerprint density at radius 3 is 2.77 bits per heavy atom. The average Bonchev–Trinajstić information content (AvgIpc) is 2.51. The summed E-state index contributed by atoms with van der Waals surface area (Å²) >= 11 is 3.54. The maximum Gasteiger partial charge on any atom is 0.175 e. The molecule has 118 valence electrons. The highest BCUT2D eigenvalue weighted by Gasteiger charge is 2.11. The highest BCUT2D eigenvalue weighted by Crippen LogP contribution is 2.36. The predicted octanol–water partition coefficient (Wildman–Crippen LogP) is 3.85. The van der Waals surface area contributed by atoms with Gasteiger partial charge in [0.05, 0.1) is 23.9 Å². The van der Waals surface area contributed by atoms with Gasteiger partial charge in [0.25, 0.3) is 0 Å². The van der Waals surface area contributed by atoms with E-state index in [2.05, 4.69) is 39.2 Å². The average molecular weight is 365 g/mol. The van der Waals surface area contributed by atoms with Crippen LogP contribution < -0.4 is 14.8 Å². The second-order valence-electron chi connectivity index (χ2n) is 4.91. The molecule has 0 unspecified atom stereocenters. The number of aromatic nitrogens is 1. The van der Waals surface area contributed by atoms with Crippen LogP contribution >= 0.6 is 15.9 Å². The molecule has 0 spiro atoms. The molecule has 0 aliphatic carbocycles. The topological polar surface area (TPSA) is 43.4 Å². The highest BCUT2D eigenvalue weighted by molar-refractivity contribution is 9.10. The molecular weight excluding hydrogens is 344 g/mol. The Balaban J connectivity index is 2.04. The number of pyridine rings is 1. The molecule has 1 heterocycles. The molecule has 0 radical (unpaired) electrons. The van der Waals surface area contributed by atoms with Crippen molar-refractivity contribution in [2.75, 3.05) is 13.7 Å². The fourth-order valence-corrected chi connectivity index (χ4v) is 2.79. The first-order valence-electron chi connectivity index (χ1n) is 7.26. The zero-order valence-electron chi connectivity index (χ0n) is 13.1. The van der Waals surface area contributed by atoms with Crippen LogP contribution in [0.2, 0.25) is 0 Å². The van der Waals surface area contributed by atoms with Crippen LogP contribution in [-0.4, -0.2) is 18.7 Å². The molecule has 0 fully saturated rings. The second-order valence-corrected chi connectivity index (χ2v) is 5.77. The van der Waals surface area contributed by atoms with E-state index in [4.69, 9.17) is 9.47 Å². The number of methoxy groups -OCH3 is 1. The number of benzene rings is 1. The molecule has 0 atom stereocenters. The molecule has 1 N–H and O–H groups in total. The number of nitrogens with one attached hydrogen (secondary N) is 1. The molecule has 22 heavy (non-hydrogen) atoms. The van der Waals surface area contributed by atoms with Crippen molar-refractivity contribution in [2.24, 2.45) is 0 Å². The molecule has 0 saturated heterocycles. The third-order valence-electron chi connectivity index (χ3n) is 3.32. The van der Waals surface area contributed by atoms with E-state index in [1.807, 2.05) is 31.3 Å². The highest BCUT2D eigenvalue weighted by atomic mass is 79.9. The Morgan fingerprint density at radius 1 is 1.27 bits per heavy atom. The summed E-state index contributed by atoms with van der Waals surface area (Å²) in [6.07, 6.45) is 1.82. The zero-order valence-corrected chi connectivity index (χ0v) is 14.7. The Morgan fingerprint density at radius 2 is 2.09 bits per heavy atom. The van der Waals surface area contributed by atoms with Gasteiger partial charge >= 0.3 is 0 Å². The number of hydrogen-bond acceptors (Lipinski definition) is 4. The zero-order chi connectivity index (χ0) is 15.9. The van der Waals surface area contributed by atoms with E-state index < -0.39 is 0 Å². The van der Waals surface area contributed by atoms with Gasteiger partial charge in [-0.3, -0.25) is 4.98 Å². The van der Waals surface area contributed by atoms with Gasteiger partial charge < -0.3 is 14.8 Å². The summed E-state index contributed by atoms with van der Waals surface area (Å²) in [6.45, 7) is 6.10. The predicted molar refractivity (Wildman–Crippen MR) is 91.4 cm³/mol. The van der Waals surface area contributed by atoms with Crippen LogP contribution in [0.4, 0.5) is 0 Å². The van der Waals surface area contributed by atoms with Gasteiger partial charge in [-0.15, -0.1) is 0 Å². The maximum absolute atomic E-state index is 5.60. The van der Waals surface area contributed by atoms with Gasteiger partial charge in [-0.2, -0.15) is 0 Å². The fourth-order valence-electron chi connectivity index (χ4n) is 2.19. The summed E-state index contributed by atoms with van der Waals surface area (Å²) in [5.74, 6) is 1.48. The summed E-state index contributed by atoms with van der Waals surface area (Å²) in [7, 11) is 1.65. The molecule has 0 saturated carbocycles.